The molecule has 3 rings (SSSR count). The van der Waals surface area contributed by atoms with Crippen LogP contribution in [0.25, 0.3) is 0 Å². The highest BCUT2D eigenvalue weighted by molar-refractivity contribution is 7.89. The summed E-state index contributed by atoms with van der Waals surface area (Å²) < 4.78 is 36.6. The highest BCUT2D eigenvalue weighted by Crippen LogP contribution is 2.26. The molecule has 0 aliphatic rings. The quantitative estimate of drug-likeness (QED) is 0.268. The van der Waals surface area contributed by atoms with Crippen molar-refractivity contribution in [3.63, 3.8) is 0 Å². The van der Waals surface area contributed by atoms with E-state index in [9.17, 15) is 18.0 Å². The van der Waals surface area contributed by atoms with Crippen molar-refractivity contribution in [1.29, 1.82) is 0 Å². The fraction of sp³-hybridized carbons (Fsp3) is 0.393. The molecular weight excluding hydrogens is 554 g/mol. The largest absolute Gasteiger partial charge is 0.497 e. The van der Waals surface area contributed by atoms with Gasteiger partial charge in [0.25, 0.3) is 5.91 Å². The van der Waals surface area contributed by atoms with Gasteiger partial charge in [-0.2, -0.15) is 0 Å². The fourth-order valence-electron chi connectivity index (χ4n) is 4.05. The number of ether oxygens (including phenoxy) is 2. The standard InChI is InChI=1S/C28H35N3O7S2/c1-20-27(25(33)19-40(35,36)30(2)13-14-32)29-26(39-20)18-31(12-8-11-21-9-6-5-7-10-21)28(34)22-15-23(37-3)17-24(16-22)38-4/h5-7,9-10,15-17,32H,8,11-14,18-19H2,1-4H3. The van der Waals surface area contributed by atoms with Gasteiger partial charge >= 0.3 is 0 Å². The number of carbonyl (C=O) groups excluding carboxylic acids is 2. The molecule has 0 saturated heterocycles. The molecule has 10 nitrogen and oxygen atoms in total. The number of aliphatic hydroxyl groups excluding tert-OH is 1. The molecule has 1 aromatic heterocycles. The average molecular weight is 590 g/mol. The van der Waals surface area contributed by atoms with E-state index in [0.717, 1.165) is 16.3 Å². The molecule has 2 aromatic carbocycles. The van der Waals surface area contributed by atoms with Gasteiger partial charge in [0.05, 0.1) is 27.4 Å². The second kappa shape index (κ2) is 14.4. The Hall–Kier alpha value is -3.32. The van der Waals surface area contributed by atoms with E-state index in [2.05, 4.69) is 4.98 Å². The van der Waals surface area contributed by atoms with E-state index in [1.165, 1.54) is 32.6 Å². The van der Waals surface area contributed by atoms with Crippen molar-refractivity contribution in [2.75, 3.05) is 46.7 Å². The van der Waals surface area contributed by atoms with Crippen LogP contribution >= 0.6 is 11.3 Å². The molecule has 0 fully saturated rings. The van der Waals surface area contributed by atoms with Gasteiger partial charge < -0.3 is 19.5 Å². The second-order valence-corrected chi connectivity index (χ2v) is 12.5. The number of thiazole rings is 1. The number of ketones is 1. The molecule has 1 amide bonds. The van der Waals surface area contributed by atoms with Crippen molar-refractivity contribution < 1.29 is 32.6 Å². The number of aliphatic hydroxyl groups is 1. The highest BCUT2D eigenvalue weighted by Gasteiger charge is 2.27. The number of benzene rings is 2. The van der Waals surface area contributed by atoms with Gasteiger partial charge in [-0.3, -0.25) is 9.59 Å². The average Bonchev–Trinajstić information content (AvgIpc) is 3.32. The Morgan fingerprint density at radius 1 is 1.02 bits per heavy atom. The van der Waals surface area contributed by atoms with Crippen molar-refractivity contribution in [3.05, 3.63) is 75.2 Å². The Morgan fingerprint density at radius 2 is 1.68 bits per heavy atom. The molecule has 216 valence electrons. The summed E-state index contributed by atoms with van der Waals surface area (Å²) in [4.78, 5) is 33.3. The number of likely N-dealkylation sites (N-methyl/N-ethyl adjacent to an activating group) is 1. The minimum absolute atomic E-state index is 0.0701. The zero-order valence-corrected chi connectivity index (χ0v) is 24.8. The maximum absolute atomic E-state index is 13.7. The summed E-state index contributed by atoms with van der Waals surface area (Å²) in [6.07, 6.45) is 1.47. The first-order chi connectivity index (χ1) is 19.1. The molecule has 0 aliphatic heterocycles. The van der Waals surface area contributed by atoms with Crippen LogP contribution in [0.4, 0.5) is 0 Å². The van der Waals surface area contributed by atoms with Crippen molar-refractivity contribution in [3.8, 4) is 11.5 Å². The first-order valence-electron chi connectivity index (χ1n) is 12.7. The monoisotopic (exact) mass is 589 g/mol. The molecule has 0 aliphatic carbocycles. The third-order valence-corrected chi connectivity index (χ3v) is 8.97. The van der Waals surface area contributed by atoms with E-state index >= 15 is 0 Å². The maximum atomic E-state index is 13.7. The van der Waals surface area contributed by atoms with Gasteiger partial charge in [0.2, 0.25) is 10.0 Å². The summed E-state index contributed by atoms with van der Waals surface area (Å²) in [5, 5.41) is 9.57. The number of sulfonamides is 1. The normalized spacial score (nSPS) is 11.4. The second-order valence-electron chi connectivity index (χ2n) is 9.15. The number of amides is 1. The van der Waals surface area contributed by atoms with Gasteiger partial charge in [0, 0.05) is 36.6 Å². The number of nitrogens with zero attached hydrogens (tertiary/aromatic N) is 3. The predicted octanol–water partition coefficient (Wildman–Crippen LogP) is 3.18. The molecule has 0 spiro atoms. The lowest BCUT2D eigenvalue weighted by atomic mass is 10.1. The number of methoxy groups -OCH3 is 2. The first kappa shape index (κ1) is 31.2. The van der Waals surface area contributed by atoms with Crippen molar-refractivity contribution >= 4 is 33.1 Å². The molecular formula is C28H35N3O7S2. The van der Waals surface area contributed by atoms with Gasteiger partial charge in [-0.15, -0.1) is 11.3 Å². The Balaban J connectivity index is 1.84. The lowest BCUT2D eigenvalue weighted by molar-refractivity contribution is 0.0740. The summed E-state index contributed by atoms with van der Waals surface area (Å²) >= 11 is 1.25. The van der Waals surface area contributed by atoms with E-state index in [-0.39, 0.29) is 31.3 Å². The van der Waals surface area contributed by atoms with Crippen molar-refractivity contribution in [1.82, 2.24) is 14.2 Å². The van der Waals surface area contributed by atoms with Crippen molar-refractivity contribution in [2.45, 2.75) is 26.3 Å². The van der Waals surface area contributed by atoms with Crippen LogP contribution in [0.2, 0.25) is 0 Å². The third kappa shape index (κ3) is 8.34. The van der Waals surface area contributed by atoms with Crippen LogP contribution in [0.15, 0.2) is 48.5 Å². The van der Waals surface area contributed by atoms with Gasteiger partial charge in [0.15, 0.2) is 5.78 Å². The number of carbonyl (C=O) groups is 2. The van der Waals surface area contributed by atoms with Gasteiger partial charge in [-0.05, 0) is 37.5 Å². The zero-order valence-electron chi connectivity index (χ0n) is 23.1. The van der Waals surface area contributed by atoms with E-state index in [4.69, 9.17) is 14.6 Å². The zero-order chi connectivity index (χ0) is 29.3. The first-order valence-corrected chi connectivity index (χ1v) is 15.1. The summed E-state index contributed by atoms with van der Waals surface area (Å²) in [7, 11) is 0.435. The van der Waals surface area contributed by atoms with Gasteiger partial charge in [0.1, 0.15) is 28.0 Å². The van der Waals surface area contributed by atoms with E-state index in [1.807, 2.05) is 30.3 Å². The summed E-state index contributed by atoms with van der Waals surface area (Å²) in [6, 6.07) is 14.9. The van der Waals surface area contributed by atoms with E-state index < -0.39 is 21.6 Å². The van der Waals surface area contributed by atoms with Crippen molar-refractivity contribution in [2.24, 2.45) is 0 Å². The minimum Gasteiger partial charge on any atom is -0.497 e. The number of Topliss-reactive ketones (excluding diaryl/α,β-unsaturated/α-hetero) is 1. The molecule has 0 unspecified atom stereocenters. The van der Waals surface area contributed by atoms with E-state index in [0.29, 0.717) is 39.9 Å². The molecule has 0 atom stereocenters. The van der Waals surface area contributed by atoms with Crippen LogP contribution in [0.3, 0.4) is 0 Å². The topological polar surface area (TPSA) is 126 Å². The van der Waals surface area contributed by atoms with Crippen LogP contribution in [-0.4, -0.2) is 86.1 Å². The third-order valence-electron chi connectivity index (χ3n) is 6.26. The molecule has 12 heteroatoms. The number of hydrogen-bond acceptors (Lipinski definition) is 9. The molecule has 40 heavy (non-hydrogen) atoms. The van der Waals surface area contributed by atoms with Gasteiger partial charge in [-0.1, -0.05) is 30.3 Å². The minimum atomic E-state index is -3.90. The lowest BCUT2D eigenvalue weighted by Gasteiger charge is -2.22. The molecule has 1 heterocycles. The number of rotatable bonds is 15. The number of aryl methyl sites for hydroxylation is 2. The SMILES string of the molecule is COc1cc(OC)cc(C(=O)N(CCCc2ccccc2)Cc2nc(C(=O)CS(=O)(=O)N(C)CCO)c(C)s2)c1. The smallest absolute Gasteiger partial charge is 0.254 e. The molecule has 3 aromatic rings. The van der Waals surface area contributed by atoms with Crippen LogP contribution in [0.1, 0.15) is 42.7 Å². The number of aromatic nitrogens is 1. The summed E-state index contributed by atoms with van der Waals surface area (Å²) in [6.45, 7) is 1.81. The molecule has 1 N–H and O–H groups in total. The van der Waals surface area contributed by atoms with Crippen LogP contribution in [-0.2, 0) is 23.0 Å². The fourth-order valence-corrected chi connectivity index (χ4v) is 6.06. The maximum Gasteiger partial charge on any atom is 0.254 e. The summed E-state index contributed by atoms with van der Waals surface area (Å²) in [5.74, 6) is -0.672. The summed E-state index contributed by atoms with van der Waals surface area (Å²) in [5.41, 5.74) is 1.61. The van der Waals surface area contributed by atoms with E-state index in [1.54, 1.807) is 30.0 Å². The Morgan fingerprint density at radius 3 is 2.27 bits per heavy atom. The molecule has 0 bridgehead atoms. The molecule has 0 saturated carbocycles. The van der Waals surface area contributed by atoms with Gasteiger partial charge in [-0.25, -0.2) is 17.7 Å². The van der Waals surface area contributed by atoms with Crippen LogP contribution in [0.5, 0.6) is 11.5 Å². The Kier molecular flexibility index (Phi) is 11.2. The van der Waals surface area contributed by atoms with Crippen LogP contribution < -0.4 is 9.47 Å². The Bertz CT molecular complexity index is 1390. The Labute approximate surface area is 239 Å². The number of hydrogen-bond donors (Lipinski definition) is 1. The molecule has 0 radical (unpaired) electrons. The highest BCUT2D eigenvalue weighted by atomic mass is 32.2. The lowest BCUT2D eigenvalue weighted by Crippen LogP contribution is -2.34. The predicted molar refractivity (Wildman–Crippen MR) is 154 cm³/mol. The van der Waals surface area contributed by atoms with Crippen LogP contribution in [0, 0.1) is 6.92 Å².